The van der Waals surface area contributed by atoms with Crippen LogP contribution < -0.4 is 0 Å². The molecule has 0 spiro atoms. The molecular formula is C12H7ClF3NS. The summed E-state index contributed by atoms with van der Waals surface area (Å²) in [6.45, 7) is 0. The van der Waals surface area contributed by atoms with Crippen molar-refractivity contribution in [1.82, 2.24) is 4.98 Å². The number of nitrogens with zero attached hydrogens (tertiary/aromatic N) is 1. The summed E-state index contributed by atoms with van der Waals surface area (Å²) >= 11 is 7.28. The number of thiophene rings is 1. The average Bonchev–Trinajstić information content (AvgIpc) is 2.79. The molecule has 0 radical (unpaired) electrons. The van der Waals surface area contributed by atoms with E-state index in [9.17, 15) is 13.2 Å². The summed E-state index contributed by atoms with van der Waals surface area (Å²) < 4.78 is 37.2. The molecule has 2 heterocycles. The van der Waals surface area contributed by atoms with Gasteiger partial charge in [-0.2, -0.15) is 13.2 Å². The van der Waals surface area contributed by atoms with Crippen LogP contribution in [0.4, 0.5) is 13.2 Å². The summed E-state index contributed by atoms with van der Waals surface area (Å²) in [5.74, 6) is 0. The standard InChI is InChI=1S/C12H7ClF3NS/c13-10-6-8(12(14,15)16)7-17-11(10)4-3-9-2-1-5-18-9/h1-7H/b4-3+. The van der Waals surface area contributed by atoms with E-state index in [1.165, 1.54) is 11.3 Å². The number of halogens is 4. The van der Waals surface area contributed by atoms with Gasteiger partial charge in [0.25, 0.3) is 0 Å². The van der Waals surface area contributed by atoms with Crippen molar-refractivity contribution in [2.75, 3.05) is 0 Å². The van der Waals surface area contributed by atoms with Gasteiger partial charge in [-0.25, -0.2) is 0 Å². The lowest BCUT2D eigenvalue weighted by Gasteiger charge is -2.07. The zero-order valence-corrected chi connectivity index (χ0v) is 10.5. The van der Waals surface area contributed by atoms with E-state index in [1.54, 1.807) is 12.2 Å². The highest BCUT2D eigenvalue weighted by atomic mass is 35.5. The monoisotopic (exact) mass is 289 g/mol. The van der Waals surface area contributed by atoms with Crippen molar-refractivity contribution in [3.05, 3.63) is 50.9 Å². The predicted molar refractivity (Wildman–Crippen MR) is 67.5 cm³/mol. The number of aromatic nitrogens is 1. The fraction of sp³-hybridized carbons (Fsp3) is 0.0833. The molecule has 0 fully saturated rings. The predicted octanol–water partition coefficient (Wildman–Crippen LogP) is 4.99. The molecule has 6 heteroatoms. The molecule has 18 heavy (non-hydrogen) atoms. The van der Waals surface area contributed by atoms with Crippen molar-refractivity contribution in [2.45, 2.75) is 6.18 Å². The van der Waals surface area contributed by atoms with Gasteiger partial charge in [0.2, 0.25) is 0 Å². The van der Waals surface area contributed by atoms with Gasteiger partial charge in [0.05, 0.1) is 16.3 Å². The molecule has 0 unspecified atom stereocenters. The Morgan fingerprint density at radius 1 is 1.28 bits per heavy atom. The lowest BCUT2D eigenvalue weighted by atomic mass is 10.2. The molecule has 0 bridgehead atoms. The lowest BCUT2D eigenvalue weighted by molar-refractivity contribution is -0.137. The minimum atomic E-state index is -4.42. The van der Waals surface area contributed by atoms with Gasteiger partial charge in [0.15, 0.2) is 0 Å². The number of pyridine rings is 1. The first kappa shape index (κ1) is 13.1. The van der Waals surface area contributed by atoms with Gasteiger partial charge in [0.1, 0.15) is 0 Å². The molecule has 0 aliphatic carbocycles. The van der Waals surface area contributed by atoms with Gasteiger partial charge < -0.3 is 0 Å². The molecule has 0 aliphatic rings. The van der Waals surface area contributed by atoms with E-state index in [0.29, 0.717) is 5.69 Å². The van der Waals surface area contributed by atoms with E-state index in [2.05, 4.69) is 4.98 Å². The van der Waals surface area contributed by atoms with E-state index < -0.39 is 11.7 Å². The largest absolute Gasteiger partial charge is 0.417 e. The summed E-state index contributed by atoms with van der Waals surface area (Å²) in [6, 6.07) is 4.65. The smallest absolute Gasteiger partial charge is 0.255 e. The fourth-order valence-electron chi connectivity index (χ4n) is 1.27. The van der Waals surface area contributed by atoms with Crippen LogP contribution in [0.3, 0.4) is 0 Å². The topological polar surface area (TPSA) is 12.9 Å². The van der Waals surface area contributed by atoms with E-state index in [0.717, 1.165) is 17.1 Å². The Hall–Kier alpha value is -1.33. The van der Waals surface area contributed by atoms with Crippen molar-refractivity contribution in [3.63, 3.8) is 0 Å². The second kappa shape index (κ2) is 5.12. The molecule has 0 saturated carbocycles. The third-order valence-corrected chi connectivity index (χ3v) is 3.29. The number of hydrogen-bond donors (Lipinski definition) is 0. The van der Waals surface area contributed by atoms with Gasteiger partial charge in [-0.3, -0.25) is 4.98 Å². The van der Waals surface area contributed by atoms with Crippen LogP contribution in [0.25, 0.3) is 12.2 Å². The van der Waals surface area contributed by atoms with Gasteiger partial charge in [-0.15, -0.1) is 11.3 Å². The van der Waals surface area contributed by atoms with Gasteiger partial charge in [-0.05, 0) is 29.7 Å². The Bertz CT molecular complexity index is 561. The highest BCUT2D eigenvalue weighted by Crippen LogP contribution is 2.31. The van der Waals surface area contributed by atoms with Crippen LogP contribution in [0.2, 0.25) is 5.02 Å². The molecule has 2 rings (SSSR count). The van der Waals surface area contributed by atoms with Crippen LogP contribution in [0.1, 0.15) is 16.1 Å². The Morgan fingerprint density at radius 3 is 2.61 bits per heavy atom. The molecule has 2 aromatic rings. The summed E-state index contributed by atoms with van der Waals surface area (Å²) in [5.41, 5.74) is -0.529. The van der Waals surface area contributed by atoms with E-state index >= 15 is 0 Å². The van der Waals surface area contributed by atoms with Crippen LogP contribution in [0, 0.1) is 0 Å². The van der Waals surface area contributed by atoms with Crippen molar-refractivity contribution in [3.8, 4) is 0 Å². The van der Waals surface area contributed by atoms with E-state index in [1.807, 2.05) is 17.5 Å². The molecule has 0 aromatic carbocycles. The minimum Gasteiger partial charge on any atom is -0.255 e. The number of hydrogen-bond acceptors (Lipinski definition) is 2. The maximum atomic E-state index is 12.4. The molecule has 0 atom stereocenters. The maximum Gasteiger partial charge on any atom is 0.417 e. The van der Waals surface area contributed by atoms with Crippen LogP contribution >= 0.6 is 22.9 Å². The SMILES string of the molecule is FC(F)(F)c1cnc(/C=C/c2cccs2)c(Cl)c1. The summed E-state index contributed by atoms with van der Waals surface area (Å²) in [6.07, 6.45) is -0.299. The van der Waals surface area contributed by atoms with Crippen LogP contribution in [-0.4, -0.2) is 4.98 Å². The second-order valence-electron chi connectivity index (χ2n) is 3.44. The molecule has 94 valence electrons. The molecular weight excluding hydrogens is 283 g/mol. The Labute approximate surface area is 111 Å². The minimum absolute atomic E-state index is 0.0161. The van der Waals surface area contributed by atoms with E-state index in [-0.39, 0.29) is 5.02 Å². The number of alkyl halides is 3. The molecule has 0 saturated heterocycles. The third-order valence-electron chi connectivity index (χ3n) is 2.15. The first-order valence-electron chi connectivity index (χ1n) is 4.91. The normalized spacial score (nSPS) is 12.2. The summed E-state index contributed by atoms with van der Waals surface area (Å²) in [7, 11) is 0. The first-order chi connectivity index (χ1) is 8.47. The maximum absolute atomic E-state index is 12.4. The Kier molecular flexibility index (Phi) is 3.73. The molecule has 0 amide bonds. The first-order valence-corrected chi connectivity index (χ1v) is 6.17. The van der Waals surface area contributed by atoms with E-state index in [4.69, 9.17) is 11.6 Å². The zero-order chi connectivity index (χ0) is 13.2. The molecule has 2 aromatic heterocycles. The quantitative estimate of drug-likeness (QED) is 0.759. The zero-order valence-electron chi connectivity index (χ0n) is 8.91. The lowest BCUT2D eigenvalue weighted by Crippen LogP contribution is -2.05. The molecule has 0 aliphatic heterocycles. The van der Waals surface area contributed by atoms with Crippen LogP contribution in [-0.2, 0) is 6.18 Å². The highest BCUT2D eigenvalue weighted by molar-refractivity contribution is 7.10. The second-order valence-corrected chi connectivity index (χ2v) is 4.82. The third kappa shape index (κ3) is 3.11. The average molecular weight is 290 g/mol. The van der Waals surface area contributed by atoms with Crippen molar-refractivity contribution >= 4 is 35.1 Å². The van der Waals surface area contributed by atoms with Crippen molar-refractivity contribution in [2.24, 2.45) is 0 Å². The van der Waals surface area contributed by atoms with Gasteiger partial charge in [-0.1, -0.05) is 17.7 Å². The molecule has 0 N–H and O–H groups in total. The Morgan fingerprint density at radius 2 is 2.06 bits per heavy atom. The van der Waals surface area contributed by atoms with Gasteiger partial charge in [0, 0.05) is 11.1 Å². The van der Waals surface area contributed by atoms with Crippen molar-refractivity contribution in [1.29, 1.82) is 0 Å². The van der Waals surface area contributed by atoms with Gasteiger partial charge >= 0.3 is 6.18 Å². The summed E-state index contributed by atoms with van der Waals surface area (Å²) in [4.78, 5) is 4.69. The van der Waals surface area contributed by atoms with Crippen molar-refractivity contribution < 1.29 is 13.2 Å². The van der Waals surface area contributed by atoms with Crippen LogP contribution in [0.5, 0.6) is 0 Å². The highest BCUT2D eigenvalue weighted by Gasteiger charge is 2.31. The Balaban J connectivity index is 2.26. The fourth-order valence-corrected chi connectivity index (χ4v) is 2.12. The summed E-state index contributed by atoms with van der Waals surface area (Å²) in [5, 5.41) is 1.89. The van der Waals surface area contributed by atoms with Crippen LogP contribution in [0.15, 0.2) is 29.8 Å². The molecule has 1 nitrogen and oxygen atoms in total. The number of rotatable bonds is 2.